The lowest BCUT2D eigenvalue weighted by Crippen LogP contribution is -2.05. The second kappa shape index (κ2) is 3.89. The van der Waals surface area contributed by atoms with Crippen molar-refractivity contribution in [1.29, 1.82) is 0 Å². The normalized spacial score (nSPS) is 8.29. The molecule has 42 valence electrons. The Balaban J connectivity index is 3.00. The quantitative estimate of drug-likeness (QED) is 0.313. The molecule has 7 heavy (non-hydrogen) atoms. The highest BCUT2D eigenvalue weighted by molar-refractivity contribution is 6.26. The fraction of sp³-hybridized carbons (Fsp3) is 0.667. The molecule has 0 aromatic heterocycles. The smallest absolute Gasteiger partial charge is 0.322 e. The van der Waals surface area contributed by atoms with Crippen LogP contribution in [0.3, 0.4) is 0 Å². The molecule has 0 aliphatic carbocycles. The van der Waals surface area contributed by atoms with Gasteiger partial charge in [-0.25, -0.2) is 0 Å². The maximum Gasteiger partial charge on any atom is 0.322 e. The van der Waals surface area contributed by atoms with Gasteiger partial charge in [-0.3, -0.25) is 4.79 Å². The van der Waals surface area contributed by atoms with Gasteiger partial charge in [0.25, 0.3) is 0 Å². The van der Waals surface area contributed by atoms with Gasteiger partial charge in [-0.15, -0.1) is 11.6 Å². The molecule has 0 atom stereocenters. The van der Waals surface area contributed by atoms with E-state index in [1.807, 2.05) is 0 Å². The third-order valence-electron chi connectivity index (χ3n) is 0.335. The summed E-state index contributed by atoms with van der Waals surface area (Å²) in [5.41, 5.74) is 0. The second-order valence-corrected chi connectivity index (χ2v) is 1.05. The number of aliphatic hydroxyl groups is 1. The standard InChI is InChI=1S/C3H5ClO3/c4-1-3(6)7-2-5/h5H,1-2H2. The van der Waals surface area contributed by atoms with E-state index in [-0.39, 0.29) is 5.88 Å². The van der Waals surface area contributed by atoms with E-state index in [1.165, 1.54) is 0 Å². The first-order chi connectivity index (χ1) is 3.31. The van der Waals surface area contributed by atoms with Gasteiger partial charge in [0.15, 0.2) is 6.79 Å². The lowest BCUT2D eigenvalue weighted by Gasteiger charge is -1.91. The summed E-state index contributed by atoms with van der Waals surface area (Å²) < 4.78 is 3.98. The van der Waals surface area contributed by atoms with Crippen molar-refractivity contribution in [3.05, 3.63) is 0 Å². The van der Waals surface area contributed by atoms with E-state index in [4.69, 9.17) is 16.7 Å². The molecule has 0 fully saturated rings. The number of carbonyl (C=O) groups excluding carboxylic acids is 1. The Labute approximate surface area is 45.8 Å². The van der Waals surface area contributed by atoms with Gasteiger partial charge in [0, 0.05) is 0 Å². The largest absolute Gasteiger partial charge is 0.438 e. The van der Waals surface area contributed by atoms with Gasteiger partial charge in [0.05, 0.1) is 0 Å². The van der Waals surface area contributed by atoms with Gasteiger partial charge >= 0.3 is 5.97 Å². The van der Waals surface area contributed by atoms with E-state index in [2.05, 4.69) is 4.74 Å². The Morgan fingerprint density at radius 2 is 2.43 bits per heavy atom. The first-order valence-electron chi connectivity index (χ1n) is 1.63. The van der Waals surface area contributed by atoms with Crippen LogP contribution >= 0.6 is 11.6 Å². The molecule has 1 N–H and O–H groups in total. The highest BCUT2D eigenvalue weighted by Gasteiger charge is 1.93. The van der Waals surface area contributed by atoms with Crippen LogP contribution in [0.1, 0.15) is 0 Å². The fourth-order valence-corrected chi connectivity index (χ4v) is 0.188. The molecule has 0 unspecified atom stereocenters. The molecule has 0 aliphatic heterocycles. The molecule has 0 heterocycles. The van der Waals surface area contributed by atoms with Crippen LogP contribution < -0.4 is 0 Å². The van der Waals surface area contributed by atoms with Crippen molar-refractivity contribution in [2.45, 2.75) is 0 Å². The van der Waals surface area contributed by atoms with Crippen LogP contribution in [-0.4, -0.2) is 23.7 Å². The highest BCUT2D eigenvalue weighted by Crippen LogP contribution is 1.78. The van der Waals surface area contributed by atoms with Crippen LogP contribution in [0.2, 0.25) is 0 Å². The number of ether oxygens (including phenoxy) is 1. The van der Waals surface area contributed by atoms with E-state index in [1.54, 1.807) is 0 Å². The van der Waals surface area contributed by atoms with E-state index in [0.717, 1.165) is 0 Å². The molecule has 0 spiro atoms. The molecule has 0 aliphatic rings. The van der Waals surface area contributed by atoms with Crippen molar-refractivity contribution in [1.82, 2.24) is 0 Å². The van der Waals surface area contributed by atoms with E-state index >= 15 is 0 Å². The van der Waals surface area contributed by atoms with Gasteiger partial charge in [-0.1, -0.05) is 0 Å². The third-order valence-corrected chi connectivity index (χ3v) is 0.553. The third kappa shape index (κ3) is 3.55. The number of hydrogen-bond donors (Lipinski definition) is 1. The Hall–Kier alpha value is -0.280. The van der Waals surface area contributed by atoms with Crippen molar-refractivity contribution in [2.75, 3.05) is 12.7 Å². The zero-order chi connectivity index (χ0) is 5.70. The van der Waals surface area contributed by atoms with Crippen molar-refractivity contribution >= 4 is 17.6 Å². The molecule has 0 aromatic carbocycles. The minimum Gasteiger partial charge on any atom is -0.438 e. The van der Waals surface area contributed by atoms with Gasteiger partial charge in [-0.2, -0.15) is 0 Å². The predicted molar refractivity (Wildman–Crippen MR) is 23.9 cm³/mol. The molecule has 0 saturated carbocycles. The van der Waals surface area contributed by atoms with Crippen LogP contribution in [0.25, 0.3) is 0 Å². The fourth-order valence-electron chi connectivity index (χ4n) is 0.111. The molecule has 0 amide bonds. The average Bonchev–Trinajstić information content (AvgIpc) is 1.68. The van der Waals surface area contributed by atoms with Crippen LogP contribution in [0.4, 0.5) is 0 Å². The topological polar surface area (TPSA) is 46.5 Å². The lowest BCUT2D eigenvalue weighted by atomic mass is 10.8. The summed E-state index contributed by atoms with van der Waals surface area (Å²) in [6.45, 7) is -0.592. The van der Waals surface area contributed by atoms with Gasteiger partial charge in [-0.05, 0) is 0 Å². The molecular formula is C3H5ClO3. The van der Waals surface area contributed by atoms with Crippen molar-refractivity contribution in [3.63, 3.8) is 0 Å². The van der Waals surface area contributed by atoms with Crippen LogP contribution in [-0.2, 0) is 9.53 Å². The minimum absolute atomic E-state index is 0.208. The summed E-state index contributed by atoms with van der Waals surface area (Å²) in [4.78, 5) is 9.90. The monoisotopic (exact) mass is 124 g/mol. The highest BCUT2D eigenvalue weighted by atomic mass is 35.5. The number of aliphatic hydroxyl groups excluding tert-OH is 1. The molecule has 0 rings (SSSR count). The molecular weight excluding hydrogens is 119 g/mol. The Bertz CT molecular complexity index is 63.2. The number of hydrogen-bond acceptors (Lipinski definition) is 3. The van der Waals surface area contributed by atoms with E-state index in [0.29, 0.717) is 0 Å². The van der Waals surface area contributed by atoms with E-state index in [9.17, 15) is 4.79 Å². The lowest BCUT2D eigenvalue weighted by molar-refractivity contribution is -0.148. The summed E-state index contributed by atoms with van der Waals surface area (Å²) in [6.07, 6.45) is 0. The van der Waals surface area contributed by atoms with Crippen LogP contribution in [0.5, 0.6) is 0 Å². The summed E-state index contributed by atoms with van der Waals surface area (Å²) in [5, 5.41) is 7.87. The maximum atomic E-state index is 9.90. The van der Waals surface area contributed by atoms with Gasteiger partial charge in [0.2, 0.25) is 0 Å². The first-order valence-corrected chi connectivity index (χ1v) is 2.17. The molecule has 3 nitrogen and oxygen atoms in total. The zero-order valence-electron chi connectivity index (χ0n) is 3.56. The molecule has 0 bridgehead atoms. The molecule has 4 heteroatoms. The number of esters is 1. The predicted octanol–water partition coefficient (Wildman–Crippen LogP) is -0.282. The van der Waals surface area contributed by atoms with E-state index < -0.39 is 12.8 Å². The van der Waals surface area contributed by atoms with Crippen molar-refractivity contribution < 1.29 is 14.6 Å². The second-order valence-electron chi connectivity index (χ2n) is 0.779. The molecule has 0 radical (unpaired) electrons. The molecule has 0 aromatic rings. The zero-order valence-corrected chi connectivity index (χ0v) is 4.31. The molecule has 0 saturated heterocycles. The van der Waals surface area contributed by atoms with Crippen molar-refractivity contribution in [3.8, 4) is 0 Å². The average molecular weight is 125 g/mol. The van der Waals surface area contributed by atoms with Gasteiger partial charge < -0.3 is 9.84 Å². The van der Waals surface area contributed by atoms with Crippen molar-refractivity contribution in [2.24, 2.45) is 0 Å². The summed E-state index contributed by atoms with van der Waals surface area (Å²) in [5.74, 6) is -0.815. The Morgan fingerprint density at radius 1 is 1.86 bits per heavy atom. The number of alkyl halides is 1. The summed E-state index contributed by atoms with van der Waals surface area (Å²) >= 11 is 4.95. The first kappa shape index (κ1) is 6.72. The maximum absolute atomic E-state index is 9.90. The summed E-state index contributed by atoms with van der Waals surface area (Å²) in [7, 11) is 0. The van der Waals surface area contributed by atoms with Crippen LogP contribution in [0, 0.1) is 0 Å². The number of halogens is 1. The number of rotatable bonds is 2. The Morgan fingerprint density at radius 3 is 2.57 bits per heavy atom. The number of carbonyl (C=O) groups is 1. The minimum atomic E-state index is -0.607. The van der Waals surface area contributed by atoms with Gasteiger partial charge in [0.1, 0.15) is 5.88 Å². The Kier molecular flexibility index (Phi) is 3.74. The summed E-state index contributed by atoms with van der Waals surface area (Å²) in [6, 6.07) is 0. The SMILES string of the molecule is O=C(CCl)OCO. The van der Waals surface area contributed by atoms with Crippen LogP contribution in [0.15, 0.2) is 0 Å².